The molecular weight excluding hydrogens is 314 g/mol. The summed E-state index contributed by atoms with van der Waals surface area (Å²) in [5.41, 5.74) is 7.57. The Balaban J connectivity index is 2.09. The number of nitrogens with two attached hydrogens (primary N) is 1. The van der Waals surface area contributed by atoms with Gasteiger partial charge in [-0.15, -0.1) is 23.1 Å². The third kappa shape index (κ3) is 4.09. The first-order valence-corrected chi connectivity index (χ1v) is 9.08. The average molecular weight is 335 g/mol. The molecule has 3 N–H and O–H groups in total. The Hall–Kier alpha value is -1.37. The lowest BCUT2D eigenvalue weighted by molar-refractivity contribution is -0.119. The van der Waals surface area contributed by atoms with Crippen LogP contribution in [0.5, 0.6) is 0 Å². The summed E-state index contributed by atoms with van der Waals surface area (Å²) in [4.78, 5) is 17.8. The second-order valence-electron chi connectivity index (χ2n) is 6.10. The number of nitrogens with zero attached hydrogens (tertiary/aromatic N) is 1. The molecule has 6 heteroatoms. The first kappa shape index (κ1) is 17.0. The minimum Gasteiger partial charge on any atom is -0.319 e. The van der Waals surface area contributed by atoms with Gasteiger partial charge in [-0.25, -0.2) is 4.98 Å². The molecule has 0 saturated carbocycles. The van der Waals surface area contributed by atoms with E-state index in [9.17, 15) is 4.79 Å². The van der Waals surface area contributed by atoms with Gasteiger partial charge in [0, 0.05) is 15.8 Å². The largest absolute Gasteiger partial charge is 0.319 e. The normalized spacial score (nSPS) is 13.0. The second-order valence-corrected chi connectivity index (χ2v) is 7.84. The third-order valence-electron chi connectivity index (χ3n) is 3.34. The van der Waals surface area contributed by atoms with Crippen molar-refractivity contribution in [2.24, 2.45) is 11.1 Å². The van der Waals surface area contributed by atoms with Crippen LogP contribution in [0.2, 0.25) is 0 Å². The Morgan fingerprint density at radius 2 is 1.95 bits per heavy atom. The van der Waals surface area contributed by atoms with Gasteiger partial charge in [0.05, 0.1) is 11.7 Å². The zero-order chi connectivity index (χ0) is 16.3. The van der Waals surface area contributed by atoms with Gasteiger partial charge in [0.25, 0.3) is 0 Å². The molecule has 0 fully saturated rings. The van der Waals surface area contributed by atoms with Crippen molar-refractivity contribution in [3.05, 3.63) is 29.6 Å². The lowest BCUT2D eigenvalue weighted by atomic mass is 9.87. The van der Waals surface area contributed by atoms with Crippen LogP contribution in [0.25, 0.3) is 11.3 Å². The van der Waals surface area contributed by atoms with Crippen molar-refractivity contribution in [1.82, 2.24) is 4.98 Å². The van der Waals surface area contributed by atoms with Crippen molar-refractivity contribution in [2.75, 3.05) is 11.6 Å². The Labute approximate surface area is 139 Å². The Bertz CT molecular complexity index is 644. The van der Waals surface area contributed by atoms with E-state index in [1.165, 1.54) is 16.2 Å². The summed E-state index contributed by atoms with van der Waals surface area (Å²) in [6.07, 6.45) is 2.05. The van der Waals surface area contributed by atoms with Crippen LogP contribution in [0.3, 0.4) is 0 Å². The molecule has 0 aliphatic rings. The van der Waals surface area contributed by atoms with Gasteiger partial charge in [0.2, 0.25) is 5.91 Å². The summed E-state index contributed by atoms with van der Waals surface area (Å²) in [6.45, 7) is 5.83. The van der Waals surface area contributed by atoms with Crippen molar-refractivity contribution in [3.8, 4) is 11.3 Å². The molecular formula is C16H21N3OS2. The average Bonchev–Trinajstić information content (AvgIpc) is 2.94. The number of aromatic nitrogens is 1. The molecule has 1 amide bonds. The predicted molar refractivity (Wildman–Crippen MR) is 95.4 cm³/mol. The van der Waals surface area contributed by atoms with Gasteiger partial charge in [-0.05, 0) is 23.8 Å². The van der Waals surface area contributed by atoms with E-state index in [1.54, 1.807) is 11.8 Å². The molecule has 1 aromatic carbocycles. The van der Waals surface area contributed by atoms with Crippen LogP contribution >= 0.6 is 23.1 Å². The molecule has 1 atom stereocenters. The Morgan fingerprint density at radius 3 is 2.50 bits per heavy atom. The number of anilines is 1. The molecule has 0 unspecified atom stereocenters. The smallest absolute Gasteiger partial charge is 0.243 e. The number of amides is 1. The molecule has 0 saturated heterocycles. The predicted octanol–water partition coefficient (Wildman–Crippen LogP) is 3.84. The number of benzene rings is 1. The Morgan fingerprint density at radius 1 is 1.32 bits per heavy atom. The minimum absolute atomic E-state index is 0.203. The number of carbonyl (C=O) groups is 1. The molecule has 2 rings (SSSR count). The molecule has 0 aliphatic heterocycles. The highest BCUT2D eigenvalue weighted by atomic mass is 32.2. The molecule has 2 aromatic rings. The topological polar surface area (TPSA) is 68.0 Å². The van der Waals surface area contributed by atoms with Crippen LogP contribution in [-0.2, 0) is 4.79 Å². The first-order valence-electron chi connectivity index (χ1n) is 6.97. The maximum Gasteiger partial charge on any atom is 0.243 e. The van der Waals surface area contributed by atoms with Crippen molar-refractivity contribution in [3.63, 3.8) is 0 Å². The highest BCUT2D eigenvalue weighted by molar-refractivity contribution is 7.98. The summed E-state index contributed by atoms with van der Waals surface area (Å²) in [6, 6.07) is 7.63. The summed E-state index contributed by atoms with van der Waals surface area (Å²) >= 11 is 3.11. The molecule has 0 spiro atoms. The van der Waals surface area contributed by atoms with Gasteiger partial charge in [0.15, 0.2) is 5.13 Å². The molecule has 4 nitrogen and oxygen atoms in total. The van der Waals surface area contributed by atoms with E-state index in [1.807, 2.05) is 44.5 Å². The van der Waals surface area contributed by atoms with Gasteiger partial charge in [0.1, 0.15) is 0 Å². The maximum absolute atomic E-state index is 12.1. The lowest BCUT2D eigenvalue weighted by Crippen LogP contribution is -2.45. The number of thiazole rings is 1. The van der Waals surface area contributed by atoms with Crippen LogP contribution in [0.15, 0.2) is 34.5 Å². The van der Waals surface area contributed by atoms with Gasteiger partial charge in [-0.1, -0.05) is 32.9 Å². The van der Waals surface area contributed by atoms with E-state index in [2.05, 4.69) is 22.4 Å². The van der Waals surface area contributed by atoms with Crippen LogP contribution < -0.4 is 11.1 Å². The lowest BCUT2D eigenvalue weighted by Gasteiger charge is -2.25. The van der Waals surface area contributed by atoms with Crippen molar-refractivity contribution >= 4 is 34.1 Å². The number of carbonyl (C=O) groups excluding carboxylic acids is 1. The number of hydrogen-bond acceptors (Lipinski definition) is 5. The van der Waals surface area contributed by atoms with E-state index < -0.39 is 6.04 Å². The zero-order valence-corrected chi connectivity index (χ0v) is 14.8. The van der Waals surface area contributed by atoms with Crippen molar-refractivity contribution < 1.29 is 4.79 Å². The number of hydrogen-bond donors (Lipinski definition) is 2. The van der Waals surface area contributed by atoms with E-state index in [0.717, 1.165) is 11.3 Å². The van der Waals surface area contributed by atoms with Crippen LogP contribution in [0.1, 0.15) is 20.8 Å². The van der Waals surface area contributed by atoms with E-state index >= 15 is 0 Å². The van der Waals surface area contributed by atoms with Crippen molar-refractivity contribution in [1.29, 1.82) is 0 Å². The van der Waals surface area contributed by atoms with E-state index in [0.29, 0.717) is 5.13 Å². The molecule has 0 bridgehead atoms. The zero-order valence-electron chi connectivity index (χ0n) is 13.2. The number of nitrogens with one attached hydrogen (secondary N) is 1. The van der Waals surface area contributed by atoms with Gasteiger partial charge < -0.3 is 11.1 Å². The summed E-state index contributed by atoms with van der Waals surface area (Å²) in [7, 11) is 0. The molecule has 0 aliphatic carbocycles. The number of rotatable bonds is 4. The summed E-state index contributed by atoms with van der Waals surface area (Å²) in [5.74, 6) is -0.203. The molecule has 1 heterocycles. The quantitative estimate of drug-likeness (QED) is 0.833. The summed E-state index contributed by atoms with van der Waals surface area (Å²) in [5, 5.41) is 5.31. The molecule has 22 heavy (non-hydrogen) atoms. The summed E-state index contributed by atoms with van der Waals surface area (Å²) < 4.78 is 0. The fourth-order valence-corrected chi connectivity index (χ4v) is 2.93. The SMILES string of the molecule is CSc1ccc(-c2csc(NC(=O)[C@@H](N)C(C)(C)C)n2)cc1. The van der Waals surface area contributed by atoms with Crippen molar-refractivity contribution in [2.45, 2.75) is 31.7 Å². The van der Waals surface area contributed by atoms with Gasteiger partial charge in [-0.2, -0.15) is 0 Å². The van der Waals surface area contributed by atoms with Gasteiger partial charge >= 0.3 is 0 Å². The fourth-order valence-electron chi connectivity index (χ4n) is 1.80. The highest BCUT2D eigenvalue weighted by Gasteiger charge is 2.27. The molecule has 0 radical (unpaired) electrons. The van der Waals surface area contributed by atoms with E-state index in [-0.39, 0.29) is 11.3 Å². The maximum atomic E-state index is 12.1. The third-order valence-corrected chi connectivity index (χ3v) is 4.84. The van der Waals surface area contributed by atoms with E-state index in [4.69, 9.17) is 5.73 Å². The van der Waals surface area contributed by atoms with Crippen LogP contribution in [-0.4, -0.2) is 23.2 Å². The van der Waals surface area contributed by atoms with Gasteiger partial charge in [-0.3, -0.25) is 4.79 Å². The molecule has 118 valence electrons. The Kier molecular flexibility index (Phi) is 5.26. The highest BCUT2D eigenvalue weighted by Crippen LogP contribution is 2.27. The second kappa shape index (κ2) is 6.81. The fraction of sp³-hybridized carbons (Fsp3) is 0.375. The standard InChI is InChI=1S/C16H21N3OS2/c1-16(2,3)13(17)14(20)19-15-18-12(9-22-15)10-5-7-11(21-4)8-6-10/h5-9,13H,17H2,1-4H3,(H,18,19,20)/t13-/m1/s1. The monoisotopic (exact) mass is 335 g/mol. The van der Waals surface area contributed by atoms with Crippen LogP contribution in [0, 0.1) is 5.41 Å². The number of thioether (sulfide) groups is 1. The first-order chi connectivity index (χ1) is 10.3. The molecule has 1 aromatic heterocycles. The minimum atomic E-state index is -0.569. The van der Waals surface area contributed by atoms with Crippen LogP contribution in [0.4, 0.5) is 5.13 Å².